The number of anilines is 1. The highest BCUT2D eigenvalue weighted by Crippen LogP contribution is 2.11. The van der Waals surface area contributed by atoms with Gasteiger partial charge in [0.15, 0.2) is 0 Å². The SMILES string of the molecule is [2H]c1c([2H])c([2H])c(N=NNc2c([2H])c([2H])c([2H])c([2H])c2[2H])c([2H])c1[2H]. The van der Waals surface area contributed by atoms with Crippen molar-refractivity contribution < 1.29 is 13.7 Å². The second-order valence-corrected chi connectivity index (χ2v) is 2.29. The van der Waals surface area contributed by atoms with Crippen LogP contribution in [0.25, 0.3) is 0 Å². The lowest BCUT2D eigenvalue weighted by Crippen LogP contribution is -1.84. The van der Waals surface area contributed by atoms with Gasteiger partial charge in [0.25, 0.3) is 0 Å². The fourth-order valence-electron chi connectivity index (χ4n) is 0.724. The molecule has 0 saturated heterocycles. The molecule has 0 heterocycles. The summed E-state index contributed by atoms with van der Waals surface area (Å²) in [5.74, 6) is 0. The first-order chi connectivity index (χ1) is 11.6. The van der Waals surface area contributed by atoms with Crippen LogP contribution in [0.4, 0.5) is 11.4 Å². The Morgan fingerprint density at radius 1 is 0.867 bits per heavy atom. The van der Waals surface area contributed by atoms with E-state index in [1.165, 1.54) is 0 Å². The van der Waals surface area contributed by atoms with Gasteiger partial charge in [-0.3, -0.25) is 5.43 Å². The van der Waals surface area contributed by atoms with Gasteiger partial charge in [0.05, 0.1) is 25.1 Å². The molecule has 0 bridgehead atoms. The molecule has 3 heteroatoms. The number of rotatable bonds is 3. The maximum absolute atomic E-state index is 7.70. The molecule has 2 aromatic carbocycles. The number of nitrogens with zero attached hydrogens (tertiary/aromatic N) is 2. The van der Waals surface area contributed by atoms with Gasteiger partial charge >= 0.3 is 0 Å². The van der Waals surface area contributed by atoms with Gasteiger partial charge in [-0.15, -0.1) is 5.11 Å². The van der Waals surface area contributed by atoms with Crippen LogP contribution >= 0.6 is 0 Å². The third-order valence-electron chi connectivity index (χ3n) is 1.30. The van der Waals surface area contributed by atoms with Crippen molar-refractivity contribution in [2.45, 2.75) is 0 Å². The molecule has 0 aromatic heterocycles. The Balaban J connectivity index is 2.45. The minimum Gasteiger partial charge on any atom is -0.260 e. The Morgan fingerprint density at radius 2 is 1.47 bits per heavy atom. The Morgan fingerprint density at radius 3 is 2.13 bits per heavy atom. The van der Waals surface area contributed by atoms with E-state index in [-0.39, 0.29) is 5.69 Å². The van der Waals surface area contributed by atoms with E-state index in [9.17, 15) is 0 Å². The second-order valence-electron chi connectivity index (χ2n) is 2.29. The highest BCUT2D eigenvalue weighted by Gasteiger charge is 1.86. The molecule has 0 amide bonds. The summed E-state index contributed by atoms with van der Waals surface area (Å²) >= 11 is 0. The molecule has 74 valence electrons. The fraction of sp³-hybridized carbons (Fsp3) is 0. The predicted octanol–water partition coefficient (Wildman–Crippen LogP) is 3.80. The zero-order valence-corrected chi connectivity index (χ0v) is 7.39. The van der Waals surface area contributed by atoms with E-state index in [2.05, 4.69) is 15.8 Å². The first kappa shape index (κ1) is 3.17. The van der Waals surface area contributed by atoms with Crippen molar-refractivity contribution in [3.63, 3.8) is 0 Å². The smallest absolute Gasteiger partial charge is 0.0874 e. The van der Waals surface area contributed by atoms with Gasteiger partial charge in [0, 0.05) is 0 Å². The average Bonchev–Trinajstić information content (AvgIpc) is 2.60. The van der Waals surface area contributed by atoms with Crippen molar-refractivity contribution in [2.75, 3.05) is 5.43 Å². The Labute approximate surface area is 103 Å². The van der Waals surface area contributed by atoms with Crippen molar-refractivity contribution >= 4 is 11.4 Å². The van der Waals surface area contributed by atoms with Gasteiger partial charge in [0.2, 0.25) is 0 Å². The van der Waals surface area contributed by atoms with Gasteiger partial charge in [-0.1, -0.05) is 41.5 Å². The van der Waals surface area contributed by atoms with E-state index < -0.39 is 66.1 Å². The van der Waals surface area contributed by atoms with Crippen molar-refractivity contribution in [3.8, 4) is 0 Å². The molecule has 2 aromatic rings. The minimum absolute atomic E-state index is 0.345. The quantitative estimate of drug-likeness (QED) is 0.603. The molecule has 2 rings (SSSR count). The molecular weight excluding hydrogens is 186 g/mol. The number of para-hydroxylation sites is 1. The van der Waals surface area contributed by atoms with E-state index in [4.69, 9.17) is 13.7 Å². The van der Waals surface area contributed by atoms with Crippen LogP contribution in [0.3, 0.4) is 0 Å². The van der Waals surface area contributed by atoms with Gasteiger partial charge in [-0.2, -0.15) is 0 Å². The summed E-state index contributed by atoms with van der Waals surface area (Å²) in [5, 5.41) is 6.93. The molecule has 0 aliphatic carbocycles. The fourth-order valence-corrected chi connectivity index (χ4v) is 0.724. The maximum atomic E-state index is 7.70. The topological polar surface area (TPSA) is 36.8 Å². The highest BCUT2D eigenvalue weighted by atomic mass is 15.4. The summed E-state index contributed by atoms with van der Waals surface area (Å²) in [7, 11) is 0. The van der Waals surface area contributed by atoms with Crippen LogP contribution in [-0.4, -0.2) is 0 Å². The van der Waals surface area contributed by atoms with E-state index in [1.54, 1.807) is 0 Å². The Bertz CT molecular complexity index is 838. The van der Waals surface area contributed by atoms with E-state index in [0.29, 0.717) is 0 Å². The normalized spacial score (nSPS) is 19.7. The van der Waals surface area contributed by atoms with Crippen molar-refractivity contribution in [1.82, 2.24) is 0 Å². The summed E-state index contributed by atoms with van der Waals surface area (Å²) in [6.45, 7) is 0. The molecule has 0 fully saturated rings. The largest absolute Gasteiger partial charge is 0.260 e. The van der Waals surface area contributed by atoms with Crippen LogP contribution in [0.1, 0.15) is 13.7 Å². The summed E-state index contributed by atoms with van der Waals surface area (Å²) < 4.78 is 75.9. The number of nitrogens with one attached hydrogen (secondary N) is 1. The molecule has 0 atom stereocenters. The van der Waals surface area contributed by atoms with Crippen LogP contribution in [0.15, 0.2) is 70.8 Å². The first-order valence-corrected chi connectivity index (χ1v) is 3.90. The molecule has 1 N–H and O–H groups in total. The maximum Gasteiger partial charge on any atom is 0.0874 e. The molecule has 0 radical (unpaired) electrons. The van der Waals surface area contributed by atoms with Gasteiger partial charge in [0.1, 0.15) is 0 Å². The van der Waals surface area contributed by atoms with Gasteiger partial charge in [-0.05, 0) is 24.2 Å². The molecule has 0 unspecified atom stereocenters. The lowest BCUT2D eigenvalue weighted by molar-refractivity contribution is 1.13. The first-order valence-electron chi connectivity index (χ1n) is 8.90. The zero-order valence-electron chi connectivity index (χ0n) is 17.4. The van der Waals surface area contributed by atoms with Crippen LogP contribution in [0, 0.1) is 0 Å². The lowest BCUT2D eigenvalue weighted by Gasteiger charge is -1.96. The van der Waals surface area contributed by atoms with Gasteiger partial charge < -0.3 is 0 Å². The Kier molecular flexibility index (Phi) is 1.04. The molecule has 15 heavy (non-hydrogen) atoms. The molecule has 0 aliphatic heterocycles. The molecular formula is C12H11N3. The van der Waals surface area contributed by atoms with E-state index in [1.807, 2.05) is 0 Å². The van der Waals surface area contributed by atoms with Crippen molar-refractivity contribution in [1.29, 1.82) is 0 Å². The van der Waals surface area contributed by atoms with Crippen LogP contribution in [0.5, 0.6) is 0 Å². The molecule has 0 aliphatic rings. The number of hydrogen-bond donors (Lipinski definition) is 1. The number of hydrogen-bond acceptors (Lipinski definition) is 2. The molecule has 3 nitrogen and oxygen atoms in total. The van der Waals surface area contributed by atoms with Crippen molar-refractivity contribution in [3.05, 3.63) is 60.4 Å². The molecule has 0 spiro atoms. The van der Waals surface area contributed by atoms with Crippen LogP contribution in [-0.2, 0) is 0 Å². The zero-order chi connectivity index (χ0) is 19.0. The standard InChI is InChI=1S/C12H11N3/c1-3-7-11(8-4-1)13-15-14-12-9-5-2-6-10-12/h1-10H,(H,13,14)/i1D,2D,3D,4D,5D,6D,7D,8D,9D,10D. The van der Waals surface area contributed by atoms with Crippen molar-refractivity contribution in [2.24, 2.45) is 10.3 Å². The molecule has 0 saturated carbocycles. The highest BCUT2D eigenvalue weighted by molar-refractivity contribution is 5.41. The monoisotopic (exact) mass is 207 g/mol. The van der Waals surface area contributed by atoms with E-state index >= 15 is 0 Å². The minimum atomic E-state index is -0.585. The number of benzene rings is 2. The summed E-state index contributed by atoms with van der Waals surface area (Å²) in [6, 6.07) is -5.67. The third kappa shape index (κ3) is 2.91. The van der Waals surface area contributed by atoms with Gasteiger partial charge in [-0.25, -0.2) is 0 Å². The Hall–Kier alpha value is -2.16. The summed E-state index contributed by atoms with van der Waals surface area (Å²) in [5.41, 5.74) is 1.39. The average molecular weight is 207 g/mol. The third-order valence-corrected chi connectivity index (χ3v) is 1.30. The van der Waals surface area contributed by atoms with Crippen LogP contribution < -0.4 is 5.43 Å². The lowest BCUT2D eigenvalue weighted by atomic mass is 10.3. The summed E-state index contributed by atoms with van der Waals surface area (Å²) in [4.78, 5) is 0. The summed E-state index contributed by atoms with van der Waals surface area (Å²) in [6.07, 6.45) is 0. The predicted molar refractivity (Wildman–Crippen MR) is 61.0 cm³/mol. The second kappa shape index (κ2) is 4.91. The van der Waals surface area contributed by atoms with Crippen LogP contribution in [0.2, 0.25) is 0 Å². The van der Waals surface area contributed by atoms with E-state index in [0.717, 1.165) is 0 Å².